The van der Waals surface area contributed by atoms with Crippen LogP contribution < -0.4 is 15.4 Å². The summed E-state index contributed by atoms with van der Waals surface area (Å²) in [4.78, 5) is 16.7. The number of halogens is 1. The van der Waals surface area contributed by atoms with Crippen molar-refractivity contribution in [3.63, 3.8) is 0 Å². The van der Waals surface area contributed by atoms with E-state index in [2.05, 4.69) is 24.7 Å². The largest absolute Gasteiger partial charge is 0.505 e. The molecule has 12 heteroatoms. The number of nitrogens with zero attached hydrogens (tertiary/aromatic N) is 2. The van der Waals surface area contributed by atoms with Crippen molar-refractivity contribution in [1.29, 1.82) is 0 Å². The molecule has 0 spiro atoms. The molecule has 1 unspecified atom stereocenters. The van der Waals surface area contributed by atoms with Crippen LogP contribution in [0.5, 0.6) is 5.75 Å². The minimum Gasteiger partial charge on any atom is -0.505 e. The fourth-order valence-electron chi connectivity index (χ4n) is 3.60. The minimum atomic E-state index is -4.08. The molecule has 35 heavy (non-hydrogen) atoms. The van der Waals surface area contributed by atoms with Gasteiger partial charge in [-0.2, -0.15) is 8.42 Å². The van der Waals surface area contributed by atoms with E-state index in [4.69, 9.17) is 16.0 Å². The average molecular weight is 518 g/mol. The summed E-state index contributed by atoms with van der Waals surface area (Å²) in [6.07, 6.45) is 0. The number of aliphatic imine (C=N–C) groups is 1. The maximum atomic E-state index is 12.3. The Balaban J connectivity index is 1.76. The van der Waals surface area contributed by atoms with E-state index in [9.17, 15) is 18.3 Å². The van der Waals surface area contributed by atoms with Crippen LogP contribution in [-0.2, 0) is 10.2 Å². The summed E-state index contributed by atoms with van der Waals surface area (Å²) in [5, 5.41) is 17.1. The number of aromatic hydroxyl groups is 1. The lowest BCUT2D eigenvalue weighted by atomic mass is 9.85. The zero-order valence-corrected chi connectivity index (χ0v) is 21.0. The number of phenolic OH excluding ortho intramolecular Hbond substituents is 1. The van der Waals surface area contributed by atoms with Gasteiger partial charge in [-0.15, -0.1) is 4.40 Å². The van der Waals surface area contributed by atoms with Gasteiger partial charge < -0.3 is 20.2 Å². The van der Waals surface area contributed by atoms with E-state index in [0.717, 1.165) is 5.39 Å². The predicted molar refractivity (Wildman–Crippen MR) is 135 cm³/mol. The first-order chi connectivity index (χ1) is 16.4. The molecular formula is C23H24ClN5O5S. The number of amidine groups is 2. The third-order valence-electron chi connectivity index (χ3n) is 5.27. The number of anilines is 1. The highest BCUT2D eigenvalue weighted by molar-refractivity contribution is 7.89. The van der Waals surface area contributed by atoms with E-state index in [1.807, 2.05) is 26.8 Å². The van der Waals surface area contributed by atoms with E-state index in [0.29, 0.717) is 16.4 Å². The van der Waals surface area contributed by atoms with Crippen LogP contribution in [0, 0.1) is 5.41 Å². The smallest absolute Gasteiger partial charge is 0.345 e. The maximum Gasteiger partial charge on any atom is 0.345 e. The Labute approximate surface area is 207 Å². The van der Waals surface area contributed by atoms with E-state index in [1.54, 1.807) is 24.3 Å². The summed E-state index contributed by atoms with van der Waals surface area (Å²) in [5.41, 5.74) is 0.236. The van der Waals surface area contributed by atoms with Crippen LogP contribution in [0.2, 0.25) is 5.02 Å². The summed E-state index contributed by atoms with van der Waals surface area (Å²) in [7, 11) is -2.64. The van der Waals surface area contributed by atoms with Gasteiger partial charge in [0.2, 0.25) is 0 Å². The molecule has 0 radical (unpaired) electrons. The zero-order valence-electron chi connectivity index (χ0n) is 19.4. The van der Waals surface area contributed by atoms with Crippen molar-refractivity contribution in [2.45, 2.75) is 26.8 Å². The minimum absolute atomic E-state index is 0.0129. The first-order valence-electron chi connectivity index (χ1n) is 10.6. The van der Waals surface area contributed by atoms with Gasteiger partial charge >= 0.3 is 10.2 Å². The van der Waals surface area contributed by atoms with Gasteiger partial charge in [-0.3, -0.25) is 9.79 Å². The number of benzene rings is 2. The Kier molecular flexibility index (Phi) is 6.24. The Morgan fingerprint density at radius 3 is 2.66 bits per heavy atom. The van der Waals surface area contributed by atoms with Gasteiger partial charge in [-0.05, 0) is 41.8 Å². The van der Waals surface area contributed by atoms with Crippen molar-refractivity contribution in [2.75, 3.05) is 12.4 Å². The molecule has 1 amide bonds. The van der Waals surface area contributed by atoms with E-state index < -0.39 is 27.6 Å². The number of furan rings is 1. The summed E-state index contributed by atoms with van der Waals surface area (Å²) < 4.78 is 36.6. The Morgan fingerprint density at radius 1 is 1.23 bits per heavy atom. The second-order valence-corrected chi connectivity index (χ2v) is 10.8. The molecule has 1 aliphatic heterocycles. The van der Waals surface area contributed by atoms with Crippen molar-refractivity contribution in [1.82, 2.24) is 10.0 Å². The maximum absolute atomic E-state index is 12.3. The van der Waals surface area contributed by atoms with Crippen LogP contribution in [0.4, 0.5) is 5.69 Å². The highest BCUT2D eigenvalue weighted by Crippen LogP contribution is 2.39. The Hall–Kier alpha value is -3.57. The van der Waals surface area contributed by atoms with Crippen molar-refractivity contribution in [3.05, 3.63) is 58.8 Å². The number of para-hydroxylation sites is 1. The number of hydrogen-bond donors (Lipinski definition) is 4. The standard InChI is InChI=1S/C23H24ClN5O5S/c1-23(2,3)19(17-11-12-10-13(24)8-9-16(12)34-17)27-21-20(28-35(32,33)29-21)26-15-7-5-6-14(18(15)30)22(31)25-4/h5-11,19,30H,1-4H3,(H,25,31)(H,26,28)(H,27,29). The van der Waals surface area contributed by atoms with Gasteiger partial charge in [0.25, 0.3) is 5.91 Å². The third kappa shape index (κ3) is 5.10. The molecule has 2 heterocycles. The molecule has 4 rings (SSSR count). The monoisotopic (exact) mass is 517 g/mol. The molecule has 10 nitrogen and oxygen atoms in total. The second kappa shape index (κ2) is 8.90. The highest BCUT2D eigenvalue weighted by atomic mass is 35.5. The SMILES string of the molecule is CNC(=O)c1cccc(NC2=NS(=O)(=O)NC2=NC(c2cc3cc(Cl)ccc3o2)C(C)(C)C)c1O. The lowest BCUT2D eigenvalue weighted by Crippen LogP contribution is -2.32. The number of carbonyl (C=O) groups is 1. The summed E-state index contributed by atoms with van der Waals surface area (Å²) in [6, 6.07) is 10.9. The van der Waals surface area contributed by atoms with Gasteiger partial charge in [0.1, 0.15) is 17.4 Å². The summed E-state index contributed by atoms with van der Waals surface area (Å²) >= 11 is 6.10. The number of nitrogens with one attached hydrogen (secondary N) is 3. The van der Waals surface area contributed by atoms with E-state index in [-0.39, 0.29) is 28.7 Å². The van der Waals surface area contributed by atoms with Crippen LogP contribution in [0.3, 0.4) is 0 Å². The molecule has 1 aromatic heterocycles. The predicted octanol–water partition coefficient (Wildman–Crippen LogP) is 4.00. The molecule has 0 bridgehead atoms. The molecule has 0 saturated heterocycles. The normalized spacial score (nSPS) is 17.2. The zero-order chi connectivity index (χ0) is 25.5. The second-order valence-electron chi connectivity index (χ2n) is 9.00. The number of fused-ring (bicyclic) bond motifs is 1. The quantitative estimate of drug-likeness (QED) is 0.385. The number of rotatable bonds is 4. The molecule has 3 aromatic rings. The number of phenols is 1. The van der Waals surface area contributed by atoms with Gasteiger partial charge in [0, 0.05) is 17.5 Å². The van der Waals surface area contributed by atoms with Crippen molar-refractivity contribution in [2.24, 2.45) is 14.8 Å². The van der Waals surface area contributed by atoms with Crippen molar-refractivity contribution in [3.8, 4) is 5.75 Å². The van der Waals surface area contributed by atoms with Crippen molar-refractivity contribution >= 4 is 56.0 Å². The fraction of sp³-hybridized carbons (Fsp3) is 0.261. The van der Waals surface area contributed by atoms with Gasteiger partial charge in [-0.1, -0.05) is 38.4 Å². The topological polar surface area (TPSA) is 145 Å². The Morgan fingerprint density at radius 2 is 1.97 bits per heavy atom. The van der Waals surface area contributed by atoms with E-state index >= 15 is 0 Å². The molecule has 0 saturated carbocycles. The summed E-state index contributed by atoms with van der Waals surface area (Å²) in [5.74, 6) is -0.551. The average Bonchev–Trinajstić information content (AvgIpc) is 3.30. The first kappa shape index (κ1) is 24.6. The van der Waals surface area contributed by atoms with Crippen LogP contribution >= 0.6 is 11.6 Å². The number of carbonyl (C=O) groups excluding carboxylic acids is 1. The van der Waals surface area contributed by atoms with Crippen LogP contribution in [0.1, 0.15) is 42.9 Å². The van der Waals surface area contributed by atoms with Crippen LogP contribution in [0.15, 0.2) is 56.3 Å². The molecule has 2 aromatic carbocycles. The number of amides is 1. The Bertz CT molecular complexity index is 1490. The van der Waals surface area contributed by atoms with Gasteiger partial charge in [-0.25, -0.2) is 4.72 Å². The van der Waals surface area contributed by atoms with Crippen LogP contribution in [0.25, 0.3) is 11.0 Å². The molecule has 1 atom stereocenters. The molecule has 0 aliphatic carbocycles. The number of hydrogen-bond acceptors (Lipinski definition) is 7. The van der Waals surface area contributed by atoms with Gasteiger partial charge in [0.05, 0.1) is 11.3 Å². The fourth-order valence-corrected chi connectivity index (χ4v) is 4.59. The molecular weight excluding hydrogens is 494 g/mol. The van der Waals surface area contributed by atoms with E-state index in [1.165, 1.54) is 19.2 Å². The molecule has 4 N–H and O–H groups in total. The molecule has 184 valence electrons. The summed E-state index contributed by atoms with van der Waals surface area (Å²) in [6.45, 7) is 5.82. The van der Waals surface area contributed by atoms with Crippen LogP contribution in [-0.4, -0.2) is 38.2 Å². The lowest BCUT2D eigenvalue weighted by Gasteiger charge is -2.26. The van der Waals surface area contributed by atoms with Crippen molar-refractivity contribution < 1.29 is 22.7 Å². The molecule has 1 aliphatic rings. The molecule has 0 fully saturated rings. The lowest BCUT2D eigenvalue weighted by molar-refractivity contribution is 0.0960. The first-order valence-corrected chi connectivity index (χ1v) is 12.4. The third-order valence-corrected chi connectivity index (χ3v) is 6.38. The van der Waals surface area contributed by atoms with Gasteiger partial charge in [0.15, 0.2) is 17.4 Å². The highest BCUT2D eigenvalue weighted by Gasteiger charge is 2.34.